The van der Waals surface area contributed by atoms with Gasteiger partial charge in [0.15, 0.2) is 0 Å². The second-order valence-corrected chi connectivity index (χ2v) is 9.86. The zero-order valence-electron chi connectivity index (χ0n) is 15.5. The predicted octanol–water partition coefficient (Wildman–Crippen LogP) is 3.21. The van der Waals surface area contributed by atoms with Crippen LogP contribution in [0.1, 0.15) is 56.2 Å². The quantitative estimate of drug-likeness (QED) is 0.894. The van der Waals surface area contributed by atoms with E-state index in [1.807, 2.05) is 16.2 Å². The molecule has 25 heavy (non-hydrogen) atoms. The molecule has 0 atom stereocenters. The molecule has 1 saturated heterocycles. The van der Waals surface area contributed by atoms with E-state index in [4.69, 9.17) is 0 Å². The molecule has 4 rings (SSSR count). The average molecular weight is 363 g/mol. The molecule has 1 amide bonds. The third-order valence-electron chi connectivity index (χ3n) is 7.15. The molecule has 2 heterocycles. The molecule has 1 aromatic rings. The Morgan fingerprint density at radius 2 is 1.92 bits per heavy atom. The van der Waals surface area contributed by atoms with Crippen molar-refractivity contribution in [1.29, 1.82) is 0 Å². The van der Waals surface area contributed by atoms with E-state index >= 15 is 0 Å². The van der Waals surface area contributed by atoms with E-state index in [9.17, 15) is 9.90 Å². The fourth-order valence-corrected chi connectivity index (χ4v) is 6.28. The molecule has 138 valence electrons. The average Bonchev–Trinajstić information content (AvgIpc) is 3.17. The maximum atomic E-state index is 12.6. The lowest BCUT2D eigenvalue weighted by Gasteiger charge is -2.48. The Balaban J connectivity index is 1.46. The van der Waals surface area contributed by atoms with Crippen LogP contribution in [0.5, 0.6) is 0 Å². The molecule has 5 heteroatoms. The van der Waals surface area contributed by atoms with E-state index in [1.54, 1.807) is 0 Å². The summed E-state index contributed by atoms with van der Waals surface area (Å²) in [6.45, 7) is 1.40. The summed E-state index contributed by atoms with van der Waals surface area (Å²) >= 11 is 1.86. The number of hydrogen-bond acceptors (Lipinski definition) is 4. The Bertz CT molecular complexity index is 628. The van der Waals surface area contributed by atoms with Gasteiger partial charge in [0.1, 0.15) is 0 Å². The van der Waals surface area contributed by atoms with Gasteiger partial charge in [-0.05, 0) is 75.9 Å². The van der Waals surface area contributed by atoms with Crippen LogP contribution in [0, 0.1) is 5.41 Å². The molecule has 3 aliphatic rings. The van der Waals surface area contributed by atoms with Crippen molar-refractivity contribution in [3.05, 3.63) is 22.4 Å². The number of aliphatic hydroxyl groups is 1. The van der Waals surface area contributed by atoms with Crippen LogP contribution in [-0.4, -0.2) is 53.6 Å². The summed E-state index contributed by atoms with van der Waals surface area (Å²) in [4.78, 5) is 18.4. The highest BCUT2D eigenvalue weighted by molar-refractivity contribution is 7.10. The van der Waals surface area contributed by atoms with Crippen LogP contribution in [0.25, 0.3) is 0 Å². The van der Waals surface area contributed by atoms with Crippen molar-refractivity contribution in [3.63, 3.8) is 0 Å². The van der Waals surface area contributed by atoms with Crippen LogP contribution in [0.4, 0.5) is 0 Å². The summed E-state index contributed by atoms with van der Waals surface area (Å²) in [6.07, 6.45) is 7.91. The number of rotatable bonds is 4. The summed E-state index contributed by atoms with van der Waals surface area (Å²) in [5.41, 5.74) is -0.337. The summed E-state index contributed by atoms with van der Waals surface area (Å²) < 4.78 is 0. The summed E-state index contributed by atoms with van der Waals surface area (Å²) in [7, 11) is 4.38. The minimum atomic E-state index is -0.597. The first kappa shape index (κ1) is 17.5. The van der Waals surface area contributed by atoms with Crippen molar-refractivity contribution in [2.45, 2.75) is 62.5 Å². The number of nitrogens with zero attached hydrogens (tertiary/aromatic N) is 2. The lowest BCUT2D eigenvalue weighted by atomic mass is 9.66. The van der Waals surface area contributed by atoms with Crippen LogP contribution >= 0.6 is 11.3 Å². The molecule has 4 nitrogen and oxygen atoms in total. The third kappa shape index (κ3) is 2.94. The van der Waals surface area contributed by atoms with Gasteiger partial charge in [-0.25, -0.2) is 0 Å². The molecular weight excluding hydrogens is 332 g/mol. The van der Waals surface area contributed by atoms with Crippen LogP contribution < -0.4 is 0 Å². The van der Waals surface area contributed by atoms with Gasteiger partial charge in [-0.1, -0.05) is 6.07 Å². The number of hydrogen-bond donors (Lipinski definition) is 1. The van der Waals surface area contributed by atoms with Crippen molar-refractivity contribution in [3.8, 4) is 0 Å². The normalized spacial score (nSPS) is 34.7. The van der Waals surface area contributed by atoms with Gasteiger partial charge in [-0.2, -0.15) is 0 Å². The Morgan fingerprint density at radius 3 is 2.44 bits per heavy atom. The Hall–Kier alpha value is -0.910. The smallest absolute Gasteiger partial charge is 0.223 e. The standard InChI is InChI=1S/C20H30N2O2S/c1-21(2)20(16-5-3-12-25-16)10-8-18(9-11-20)13-17(23)22(14-18)15-19(24)6-4-7-19/h3,5,12,24H,4,6-11,13-15H2,1-2H3. The van der Waals surface area contributed by atoms with E-state index in [0.717, 1.165) is 51.5 Å². The molecule has 1 aromatic heterocycles. The summed E-state index contributed by atoms with van der Waals surface area (Å²) in [5.74, 6) is 0.258. The number of thiophene rings is 1. The highest BCUT2D eigenvalue weighted by Crippen LogP contribution is 2.53. The van der Waals surface area contributed by atoms with Crippen molar-refractivity contribution in [2.75, 3.05) is 27.2 Å². The highest BCUT2D eigenvalue weighted by Gasteiger charge is 2.51. The van der Waals surface area contributed by atoms with Crippen LogP contribution in [-0.2, 0) is 10.3 Å². The second-order valence-electron chi connectivity index (χ2n) is 8.91. The van der Waals surface area contributed by atoms with Crippen LogP contribution in [0.2, 0.25) is 0 Å². The fourth-order valence-electron chi connectivity index (χ4n) is 5.21. The molecule has 0 radical (unpaired) electrons. The molecule has 1 N–H and O–H groups in total. The summed E-state index contributed by atoms with van der Waals surface area (Å²) in [5, 5.41) is 12.6. The first-order chi connectivity index (χ1) is 11.9. The highest BCUT2D eigenvalue weighted by atomic mass is 32.1. The number of carbonyl (C=O) groups excluding carboxylic acids is 1. The van der Waals surface area contributed by atoms with E-state index in [-0.39, 0.29) is 16.9 Å². The van der Waals surface area contributed by atoms with Gasteiger partial charge in [0.05, 0.1) is 11.1 Å². The van der Waals surface area contributed by atoms with E-state index in [2.05, 4.69) is 36.5 Å². The zero-order valence-corrected chi connectivity index (χ0v) is 16.3. The van der Waals surface area contributed by atoms with E-state index in [1.165, 1.54) is 4.88 Å². The Morgan fingerprint density at radius 1 is 1.20 bits per heavy atom. The monoisotopic (exact) mass is 362 g/mol. The van der Waals surface area contributed by atoms with Gasteiger partial charge < -0.3 is 10.0 Å². The molecular formula is C20H30N2O2S. The largest absolute Gasteiger partial charge is 0.388 e. The number of likely N-dealkylation sites (tertiary alicyclic amines) is 1. The zero-order chi connectivity index (χ0) is 17.7. The first-order valence-corrected chi connectivity index (χ1v) is 10.5. The molecule has 3 fully saturated rings. The van der Waals surface area contributed by atoms with E-state index < -0.39 is 5.60 Å². The second kappa shape index (κ2) is 6.07. The maximum Gasteiger partial charge on any atom is 0.223 e. The minimum Gasteiger partial charge on any atom is -0.388 e. The molecule has 0 bridgehead atoms. The lowest BCUT2D eigenvalue weighted by Crippen LogP contribution is -2.50. The molecule has 1 aliphatic heterocycles. The van der Waals surface area contributed by atoms with Gasteiger partial charge in [-0.15, -0.1) is 11.3 Å². The van der Waals surface area contributed by atoms with Crippen LogP contribution in [0.3, 0.4) is 0 Å². The van der Waals surface area contributed by atoms with E-state index in [0.29, 0.717) is 13.0 Å². The lowest BCUT2D eigenvalue weighted by molar-refractivity contribution is -0.133. The topological polar surface area (TPSA) is 43.8 Å². The van der Waals surface area contributed by atoms with Gasteiger partial charge >= 0.3 is 0 Å². The molecule has 0 aromatic carbocycles. The van der Waals surface area contributed by atoms with Crippen molar-refractivity contribution in [2.24, 2.45) is 5.41 Å². The van der Waals surface area contributed by atoms with Crippen LogP contribution in [0.15, 0.2) is 17.5 Å². The SMILES string of the molecule is CN(C)C1(c2cccs2)CCC2(CC1)CC(=O)N(CC1(O)CCC1)C2. The minimum absolute atomic E-state index is 0.127. The van der Waals surface area contributed by atoms with Gasteiger partial charge in [0.25, 0.3) is 0 Å². The van der Waals surface area contributed by atoms with Crippen molar-refractivity contribution >= 4 is 17.2 Å². The number of β-amino-alcohol motifs (C(OH)–C–C–N with tert-alkyl or cyclic N) is 1. The first-order valence-electron chi connectivity index (χ1n) is 9.58. The van der Waals surface area contributed by atoms with Gasteiger partial charge in [-0.3, -0.25) is 9.69 Å². The van der Waals surface area contributed by atoms with Crippen molar-refractivity contribution < 1.29 is 9.90 Å². The fraction of sp³-hybridized carbons (Fsp3) is 0.750. The molecule has 2 saturated carbocycles. The predicted molar refractivity (Wildman–Crippen MR) is 101 cm³/mol. The Kier molecular flexibility index (Phi) is 4.25. The number of carbonyl (C=O) groups is 1. The molecule has 1 spiro atoms. The summed E-state index contributed by atoms with van der Waals surface area (Å²) in [6, 6.07) is 4.41. The maximum absolute atomic E-state index is 12.6. The number of amides is 1. The third-order valence-corrected chi connectivity index (χ3v) is 8.21. The van der Waals surface area contributed by atoms with Crippen molar-refractivity contribution in [1.82, 2.24) is 9.80 Å². The Labute approximate surface area is 154 Å². The molecule has 2 aliphatic carbocycles. The van der Waals surface area contributed by atoms with Gasteiger partial charge in [0.2, 0.25) is 5.91 Å². The molecule has 0 unspecified atom stereocenters. The van der Waals surface area contributed by atoms with Gasteiger partial charge in [0, 0.05) is 24.4 Å².